The van der Waals surface area contributed by atoms with Crippen molar-refractivity contribution >= 4 is 5.78 Å². The molecule has 0 atom stereocenters. The molecule has 1 aromatic carbocycles. The Bertz CT molecular complexity index is 424. The van der Waals surface area contributed by atoms with Gasteiger partial charge < -0.3 is 0 Å². The Balaban J connectivity index is 2.90. The zero-order valence-corrected chi connectivity index (χ0v) is 13.2. The van der Waals surface area contributed by atoms with Crippen LogP contribution in [0.15, 0.2) is 12.1 Å². The maximum absolute atomic E-state index is 12.5. The molecule has 0 spiro atoms. The molecule has 0 amide bonds. The molecule has 0 heterocycles. The van der Waals surface area contributed by atoms with Gasteiger partial charge in [-0.3, -0.25) is 9.69 Å². The van der Waals surface area contributed by atoms with E-state index in [1.165, 1.54) is 5.56 Å². The Morgan fingerprint density at radius 3 is 2.00 bits per heavy atom. The molecule has 0 aliphatic carbocycles. The van der Waals surface area contributed by atoms with Crippen LogP contribution in [0, 0.1) is 20.8 Å². The molecule has 0 fully saturated rings. The number of carbonyl (C=O) groups excluding carboxylic acids is 1. The van der Waals surface area contributed by atoms with Crippen LogP contribution in [0.2, 0.25) is 0 Å². The number of hydrogen-bond donors (Lipinski definition) is 0. The van der Waals surface area contributed by atoms with E-state index in [0.29, 0.717) is 12.6 Å². The van der Waals surface area contributed by atoms with Gasteiger partial charge in [0.15, 0.2) is 5.78 Å². The van der Waals surface area contributed by atoms with Crippen LogP contribution in [-0.4, -0.2) is 30.3 Å². The van der Waals surface area contributed by atoms with Crippen LogP contribution >= 0.6 is 0 Å². The molecule has 0 aliphatic rings. The first-order valence-corrected chi connectivity index (χ1v) is 7.21. The normalized spacial score (nSPS) is 11.4. The molecular weight excluding hydrogens is 234 g/mol. The summed E-state index contributed by atoms with van der Waals surface area (Å²) in [6, 6.07) is 4.68. The second-order valence-electron chi connectivity index (χ2n) is 5.58. The van der Waals surface area contributed by atoms with Crippen molar-refractivity contribution < 1.29 is 4.79 Å². The number of ketones is 1. The largest absolute Gasteiger partial charge is 0.296 e. The van der Waals surface area contributed by atoms with Crippen molar-refractivity contribution in [2.24, 2.45) is 0 Å². The lowest BCUT2D eigenvalue weighted by atomic mass is 9.96. The van der Waals surface area contributed by atoms with Gasteiger partial charge in [0.05, 0.1) is 6.54 Å². The van der Waals surface area contributed by atoms with Gasteiger partial charge in [-0.2, -0.15) is 0 Å². The molecule has 0 N–H and O–H groups in total. The summed E-state index contributed by atoms with van der Waals surface area (Å²) in [5, 5.41) is 0. The van der Waals surface area contributed by atoms with Crippen molar-refractivity contribution in [1.82, 2.24) is 4.90 Å². The van der Waals surface area contributed by atoms with Gasteiger partial charge in [-0.1, -0.05) is 31.5 Å². The third-order valence-corrected chi connectivity index (χ3v) is 3.91. The summed E-state index contributed by atoms with van der Waals surface area (Å²) in [7, 11) is 2.05. The molecule has 0 aliphatic heterocycles. The lowest BCUT2D eigenvalue weighted by Gasteiger charge is -2.25. The second kappa shape index (κ2) is 6.85. The highest BCUT2D eigenvalue weighted by atomic mass is 16.1. The number of hydrogen-bond acceptors (Lipinski definition) is 2. The Labute approximate surface area is 117 Å². The van der Waals surface area contributed by atoms with Gasteiger partial charge in [-0.05, 0) is 51.8 Å². The van der Waals surface area contributed by atoms with Crippen molar-refractivity contribution in [3.8, 4) is 0 Å². The van der Waals surface area contributed by atoms with Gasteiger partial charge in [0.25, 0.3) is 0 Å². The number of carbonyl (C=O) groups is 1. The monoisotopic (exact) mass is 261 g/mol. The van der Waals surface area contributed by atoms with Gasteiger partial charge in [-0.25, -0.2) is 0 Å². The van der Waals surface area contributed by atoms with Crippen molar-refractivity contribution in [3.05, 3.63) is 34.4 Å². The minimum Gasteiger partial charge on any atom is -0.296 e. The van der Waals surface area contributed by atoms with E-state index in [9.17, 15) is 4.79 Å². The maximum atomic E-state index is 12.5. The van der Waals surface area contributed by atoms with Gasteiger partial charge in [-0.15, -0.1) is 0 Å². The third-order valence-electron chi connectivity index (χ3n) is 3.91. The molecule has 0 unspecified atom stereocenters. The molecule has 0 saturated carbocycles. The van der Waals surface area contributed by atoms with Crippen LogP contribution in [-0.2, 0) is 0 Å². The fourth-order valence-corrected chi connectivity index (χ4v) is 2.97. The van der Waals surface area contributed by atoms with Crippen LogP contribution in [0.3, 0.4) is 0 Å². The van der Waals surface area contributed by atoms with Crippen molar-refractivity contribution in [2.75, 3.05) is 13.6 Å². The van der Waals surface area contributed by atoms with E-state index < -0.39 is 0 Å². The average molecular weight is 261 g/mol. The van der Waals surface area contributed by atoms with E-state index in [4.69, 9.17) is 0 Å². The smallest absolute Gasteiger partial charge is 0.177 e. The van der Waals surface area contributed by atoms with E-state index in [0.717, 1.165) is 29.5 Å². The van der Waals surface area contributed by atoms with E-state index in [1.807, 2.05) is 13.8 Å². The molecule has 2 nitrogen and oxygen atoms in total. The first-order chi connectivity index (χ1) is 8.90. The summed E-state index contributed by atoms with van der Waals surface area (Å²) in [5.41, 5.74) is 4.32. The Morgan fingerprint density at radius 2 is 1.58 bits per heavy atom. The summed E-state index contributed by atoms with van der Waals surface area (Å²) in [5.74, 6) is 0.240. The van der Waals surface area contributed by atoms with E-state index in [1.54, 1.807) is 0 Å². The van der Waals surface area contributed by atoms with Gasteiger partial charge in [0.2, 0.25) is 0 Å². The fraction of sp³-hybridized carbons (Fsp3) is 0.588. The number of aryl methyl sites for hydroxylation is 3. The molecule has 19 heavy (non-hydrogen) atoms. The van der Waals surface area contributed by atoms with Crippen LogP contribution in [0.5, 0.6) is 0 Å². The first kappa shape index (κ1) is 15.9. The number of nitrogens with zero attached hydrogens (tertiary/aromatic N) is 1. The summed E-state index contributed by atoms with van der Waals surface area (Å²) in [6.07, 6.45) is 2.18. The molecule has 1 aromatic rings. The molecule has 0 bridgehead atoms. The van der Waals surface area contributed by atoms with E-state index >= 15 is 0 Å². The lowest BCUT2D eigenvalue weighted by Crippen LogP contribution is -2.35. The average Bonchev–Trinajstić information content (AvgIpc) is 2.28. The predicted molar refractivity (Wildman–Crippen MR) is 82.0 cm³/mol. The van der Waals surface area contributed by atoms with Gasteiger partial charge in [0, 0.05) is 11.6 Å². The van der Waals surface area contributed by atoms with Crippen molar-refractivity contribution in [3.63, 3.8) is 0 Å². The SMILES string of the molecule is CCC(CC)N(C)CC(=O)c1c(C)cc(C)cc1C. The Morgan fingerprint density at radius 1 is 1.11 bits per heavy atom. The minimum atomic E-state index is 0.240. The molecule has 1 rings (SSSR count). The third kappa shape index (κ3) is 3.90. The van der Waals surface area contributed by atoms with Gasteiger partial charge in [0.1, 0.15) is 0 Å². The molecular formula is C17H27NO. The summed E-state index contributed by atoms with van der Waals surface area (Å²) < 4.78 is 0. The van der Waals surface area contributed by atoms with E-state index in [2.05, 4.69) is 44.9 Å². The van der Waals surface area contributed by atoms with E-state index in [-0.39, 0.29) is 5.78 Å². The van der Waals surface area contributed by atoms with Crippen molar-refractivity contribution in [2.45, 2.75) is 53.5 Å². The minimum absolute atomic E-state index is 0.240. The molecule has 0 aromatic heterocycles. The molecule has 2 heteroatoms. The van der Waals surface area contributed by atoms with Crippen LogP contribution < -0.4 is 0 Å². The summed E-state index contributed by atoms with van der Waals surface area (Å²) in [6.45, 7) is 11.0. The topological polar surface area (TPSA) is 20.3 Å². The number of benzene rings is 1. The molecule has 0 saturated heterocycles. The standard InChI is InChI=1S/C17H27NO/c1-7-15(8-2)18(6)11-16(19)17-13(4)9-12(3)10-14(17)5/h9-10,15H,7-8,11H2,1-6H3. The number of rotatable bonds is 6. The van der Waals surface area contributed by atoms with Crippen LogP contribution in [0.4, 0.5) is 0 Å². The number of likely N-dealkylation sites (N-methyl/N-ethyl adjacent to an activating group) is 1. The second-order valence-corrected chi connectivity index (χ2v) is 5.58. The predicted octanol–water partition coefficient (Wildman–Crippen LogP) is 3.91. The Kier molecular flexibility index (Phi) is 5.74. The van der Waals surface area contributed by atoms with Crippen molar-refractivity contribution in [1.29, 1.82) is 0 Å². The first-order valence-electron chi connectivity index (χ1n) is 7.21. The molecule has 0 radical (unpaired) electrons. The highest BCUT2D eigenvalue weighted by Crippen LogP contribution is 2.18. The highest BCUT2D eigenvalue weighted by Gasteiger charge is 2.18. The maximum Gasteiger partial charge on any atom is 0.177 e. The lowest BCUT2D eigenvalue weighted by molar-refractivity contribution is 0.0914. The molecule has 106 valence electrons. The van der Waals surface area contributed by atoms with Crippen LogP contribution in [0.25, 0.3) is 0 Å². The van der Waals surface area contributed by atoms with Gasteiger partial charge >= 0.3 is 0 Å². The highest BCUT2D eigenvalue weighted by molar-refractivity contribution is 6.00. The Hall–Kier alpha value is -1.15. The van der Waals surface area contributed by atoms with Crippen LogP contribution in [0.1, 0.15) is 53.7 Å². The zero-order valence-electron chi connectivity index (χ0n) is 13.2. The summed E-state index contributed by atoms with van der Waals surface area (Å²) in [4.78, 5) is 14.7. The summed E-state index contributed by atoms with van der Waals surface area (Å²) >= 11 is 0. The fourth-order valence-electron chi connectivity index (χ4n) is 2.97. The zero-order chi connectivity index (χ0) is 14.6. The quantitative estimate of drug-likeness (QED) is 0.723. The number of Topliss-reactive ketones (excluding diaryl/α,β-unsaturated/α-hetero) is 1.